The molecule has 0 bridgehead atoms. The van der Waals surface area contributed by atoms with Crippen LogP contribution < -0.4 is 11.0 Å². The normalized spacial score (nSPS) is 11.5. The molecule has 0 aliphatic heterocycles. The zero-order valence-electron chi connectivity index (χ0n) is 9.00. The number of nitrogens with zero attached hydrogens (tertiary/aromatic N) is 2. The van der Waals surface area contributed by atoms with Gasteiger partial charge in [0.2, 0.25) is 0 Å². The van der Waals surface area contributed by atoms with Gasteiger partial charge in [-0.25, -0.2) is 5.84 Å². The molecule has 4 heteroatoms. The van der Waals surface area contributed by atoms with Gasteiger partial charge in [0, 0.05) is 0 Å². The van der Waals surface area contributed by atoms with Gasteiger partial charge in [-0.3, -0.25) is 0 Å². The van der Waals surface area contributed by atoms with Gasteiger partial charge in [0.1, 0.15) is 11.5 Å². The van der Waals surface area contributed by atoms with Crippen molar-refractivity contribution in [2.45, 2.75) is 6.92 Å². The Morgan fingerprint density at radius 3 is 2.56 bits per heavy atom. The number of furan rings is 1. The van der Waals surface area contributed by atoms with Gasteiger partial charge in [0.05, 0.1) is 12.0 Å². The summed E-state index contributed by atoms with van der Waals surface area (Å²) in [5, 5.41) is 5.55. The molecule has 2 N–H and O–H groups in total. The van der Waals surface area contributed by atoms with Gasteiger partial charge in [0.15, 0.2) is 0 Å². The summed E-state index contributed by atoms with van der Waals surface area (Å²) < 4.78 is 5.22. The van der Waals surface area contributed by atoms with Crippen LogP contribution in [0.4, 0.5) is 5.69 Å². The molecule has 4 nitrogen and oxygen atoms in total. The zero-order chi connectivity index (χ0) is 11.4. The maximum atomic E-state index is 5.81. The molecule has 0 atom stereocenters. The second-order valence-electron chi connectivity index (χ2n) is 3.34. The number of rotatable bonds is 3. The van der Waals surface area contributed by atoms with Crippen LogP contribution in [-0.2, 0) is 0 Å². The third-order valence-corrected chi connectivity index (χ3v) is 2.16. The summed E-state index contributed by atoms with van der Waals surface area (Å²) in [6, 6.07) is 13.2. The lowest BCUT2D eigenvalue weighted by Gasteiger charge is -2.12. The smallest absolute Gasteiger partial charge is 0.149 e. The predicted molar refractivity (Wildman–Crippen MR) is 64.0 cm³/mol. The van der Waals surface area contributed by atoms with Gasteiger partial charge >= 0.3 is 0 Å². The molecule has 0 aliphatic carbocycles. The first-order chi connectivity index (χ1) is 7.77. The van der Waals surface area contributed by atoms with E-state index in [0.717, 1.165) is 11.4 Å². The Morgan fingerprint density at radius 2 is 1.94 bits per heavy atom. The average Bonchev–Trinajstić information content (AvgIpc) is 2.83. The Balaban J connectivity index is 2.18. The molecule has 2 aromatic rings. The van der Waals surface area contributed by atoms with E-state index in [1.54, 1.807) is 6.26 Å². The minimum atomic E-state index is 0.714. The van der Waals surface area contributed by atoms with Crippen LogP contribution in [0, 0.1) is 0 Å². The van der Waals surface area contributed by atoms with Crippen LogP contribution in [0.15, 0.2) is 58.2 Å². The monoisotopic (exact) mass is 215 g/mol. The molecule has 0 fully saturated rings. The molecule has 0 radical (unpaired) electrons. The second-order valence-corrected chi connectivity index (χ2v) is 3.34. The van der Waals surface area contributed by atoms with Crippen molar-refractivity contribution in [2.24, 2.45) is 10.9 Å². The van der Waals surface area contributed by atoms with Crippen molar-refractivity contribution in [1.82, 2.24) is 0 Å². The predicted octanol–water partition coefficient (Wildman–Crippen LogP) is 2.38. The second kappa shape index (κ2) is 4.63. The molecule has 0 aliphatic rings. The molecular formula is C12H13N3O. The molecule has 1 heterocycles. The summed E-state index contributed by atoms with van der Waals surface area (Å²) in [5.41, 5.74) is 1.56. The first kappa shape index (κ1) is 10.4. The highest BCUT2D eigenvalue weighted by atomic mass is 16.3. The standard InChI is InChI=1S/C12H13N3O/c1-10(12-8-5-9-16-12)14-15(13)11-6-3-2-4-7-11/h2-9H,13H2,1H3/b14-10+. The van der Waals surface area contributed by atoms with Crippen LogP contribution in [0.25, 0.3) is 0 Å². The molecule has 0 amide bonds. The maximum absolute atomic E-state index is 5.81. The number of hydrazone groups is 1. The molecule has 0 saturated heterocycles. The molecule has 1 aromatic heterocycles. The Morgan fingerprint density at radius 1 is 1.19 bits per heavy atom. The summed E-state index contributed by atoms with van der Waals surface area (Å²) in [7, 11) is 0. The van der Waals surface area contributed by atoms with Crippen molar-refractivity contribution < 1.29 is 4.42 Å². The van der Waals surface area contributed by atoms with E-state index in [9.17, 15) is 0 Å². The molecule has 0 saturated carbocycles. The van der Waals surface area contributed by atoms with E-state index in [0.29, 0.717) is 5.76 Å². The van der Waals surface area contributed by atoms with Gasteiger partial charge in [-0.05, 0) is 31.2 Å². The lowest BCUT2D eigenvalue weighted by molar-refractivity contribution is 0.556. The highest BCUT2D eigenvalue weighted by Gasteiger charge is 2.03. The lowest BCUT2D eigenvalue weighted by Crippen LogP contribution is -2.25. The zero-order valence-corrected chi connectivity index (χ0v) is 9.00. The minimum Gasteiger partial charge on any atom is -0.463 e. The number of anilines is 1. The van der Waals surface area contributed by atoms with Crippen molar-refractivity contribution in [1.29, 1.82) is 0 Å². The highest BCUT2D eigenvalue weighted by Crippen LogP contribution is 2.11. The van der Waals surface area contributed by atoms with E-state index in [2.05, 4.69) is 5.10 Å². The molecule has 0 unspecified atom stereocenters. The topological polar surface area (TPSA) is 54.8 Å². The van der Waals surface area contributed by atoms with Crippen LogP contribution in [0.1, 0.15) is 12.7 Å². The third-order valence-electron chi connectivity index (χ3n) is 2.16. The molecule has 16 heavy (non-hydrogen) atoms. The van der Waals surface area contributed by atoms with Gasteiger partial charge in [-0.15, -0.1) is 0 Å². The Labute approximate surface area is 93.9 Å². The van der Waals surface area contributed by atoms with E-state index in [1.807, 2.05) is 49.4 Å². The van der Waals surface area contributed by atoms with E-state index in [1.165, 1.54) is 5.12 Å². The first-order valence-corrected chi connectivity index (χ1v) is 4.96. The number of hydrogen-bond acceptors (Lipinski definition) is 4. The highest BCUT2D eigenvalue weighted by molar-refractivity contribution is 5.96. The number of hydrazine groups is 1. The summed E-state index contributed by atoms with van der Waals surface area (Å²) in [5.74, 6) is 6.52. The fourth-order valence-electron chi connectivity index (χ4n) is 1.33. The summed E-state index contributed by atoms with van der Waals surface area (Å²) in [4.78, 5) is 0. The van der Waals surface area contributed by atoms with Crippen LogP contribution >= 0.6 is 0 Å². The minimum absolute atomic E-state index is 0.714. The summed E-state index contributed by atoms with van der Waals surface area (Å²) in [6.07, 6.45) is 1.61. The summed E-state index contributed by atoms with van der Waals surface area (Å²) >= 11 is 0. The Bertz CT molecular complexity index is 462. The van der Waals surface area contributed by atoms with Gasteiger partial charge in [-0.1, -0.05) is 18.2 Å². The van der Waals surface area contributed by atoms with E-state index in [4.69, 9.17) is 10.3 Å². The van der Waals surface area contributed by atoms with Gasteiger partial charge in [-0.2, -0.15) is 10.2 Å². The van der Waals surface area contributed by atoms with Crippen LogP contribution in [0.3, 0.4) is 0 Å². The van der Waals surface area contributed by atoms with E-state index in [-0.39, 0.29) is 0 Å². The van der Waals surface area contributed by atoms with E-state index >= 15 is 0 Å². The van der Waals surface area contributed by atoms with Crippen LogP contribution in [0.2, 0.25) is 0 Å². The van der Waals surface area contributed by atoms with Crippen molar-refractivity contribution in [3.63, 3.8) is 0 Å². The fourth-order valence-corrected chi connectivity index (χ4v) is 1.33. The van der Waals surface area contributed by atoms with Crippen molar-refractivity contribution >= 4 is 11.4 Å². The Hall–Kier alpha value is -2.07. The number of nitrogens with two attached hydrogens (primary N) is 1. The van der Waals surface area contributed by atoms with E-state index < -0.39 is 0 Å². The van der Waals surface area contributed by atoms with Gasteiger partial charge < -0.3 is 4.42 Å². The molecule has 0 spiro atoms. The first-order valence-electron chi connectivity index (χ1n) is 4.96. The van der Waals surface area contributed by atoms with Crippen molar-refractivity contribution in [2.75, 3.05) is 5.12 Å². The number of para-hydroxylation sites is 1. The average molecular weight is 215 g/mol. The van der Waals surface area contributed by atoms with Crippen LogP contribution in [0.5, 0.6) is 0 Å². The van der Waals surface area contributed by atoms with Crippen molar-refractivity contribution in [3.05, 3.63) is 54.5 Å². The molecule has 2 rings (SSSR count). The quantitative estimate of drug-likeness (QED) is 0.486. The van der Waals surface area contributed by atoms with Crippen molar-refractivity contribution in [3.8, 4) is 0 Å². The third kappa shape index (κ3) is 2.29. The number of hydrogen-bond donors (Lipinski definition) is 1. The number of benzene rings is 1. The largest absolute Gasteiger partial charge is 0.463 e. The molecular weight excluding hydrogens is 202 g/mol. The molecule has 82 valence electrons. The molecule has 1 aromatic carbocycles. The van der Waals surface area contributed by atoms with Gasteiger partial charge in [0.25, 0.3) is 0 Å². The lowest BCUT2D eigenvalue weighted by atomic mass is 10.3. The van der Waals surface area contributed by atoms with Crippen LogP contribution in [-0.4, -0.2) is 5.71 Å². The Kier molecular flexibility index (Phi) is 3.03. The SMILES string of the molecule is C/C(=N\N(N)c1ccccc1)c1ccco1. The summed E-state index contributed by atoms with van der Waals surface area (Å²) in [6.45, 7) is 1.85. The maximum Gasteiger partial charge on any atom is 0.149 e. The fraction of sp³-hybridized carbons (Fsp3) is 0.0833.